The van der Waals surface area contributed by atoms with E-state index in [2.05, 4.69) is 4.98 Å². The van der Waals surface area contributed by atoms with Crippen molar-refractivity contribution in [2.45, 2.75) is 20.0 Å². The zero-order chi connectivity index (χ0) is 16.0. The Morgan fingerprint density at radius 3 is 2.82 bits per heavy atom. The molecule has 5 nitrogen and oxygen atoms in total. The van der Waals surface area contributed by atoms with Gasteiger partial charge in [0, 0.05) is 15.5 Å². The molecule has 7 heteroatoms. The van der Waals surface area contributed by atoms with Gasteiger partial charge in [0.25, 0.3) is 5.91 Å². The third-order valence-corrected chi connectivity index (χ3v) is 4.56. The Balaban J connectivity index is 2.31. The largest absolute Gasteiger partial charge is 0.504 e. The third-order valence-electron chi connectivity index (χ3n) is 3.12. The number of ether oxygens (including phenoxy) is 1. The molecule has 1 aromatic carbocycles. The van der Waals surface area contributed by atoms with Crippen molar-refractivity contribution in [3.63, 3.8) is 0 Å². The summed E-state index contributed by atoms with van der Waals surface area (Å²) in [5.41, 5.74) is 4.99. The maximum atomic E-state index is 11.3. The number of aromatic hydroxyl groups is 1. The molecular weight excluding hydrogens is 324 g/mol. The van der Waals surface area contributed by atoms with Crippen LogP contribution in [0.15, 0.2) is 18.2 Å². The Labute approximate surface area is 135 Å². The third kappa shape index (κ3) is 2.34. The summed E-state index contributed by atoms with van der Waals surface area (Å²) in [6.45, 7) is 3.89. The molecule has 0 bridgehead atoms. The number of benzene rings is 1. The quantitative estimate of drug-likeness (QED) is 0.714. The summed E-state index contributed by atoms with van der Waals surface area (Å²) in [5, 5.41) is 11.8. The molecule has 0 unspecified atom stereocenters. The highest BCUT2D eigenvalue weighted by atomic mass is 35.5. The molecule has 0 atom stereocenters. The molecule has 0 aliphatic rings. The van der Waals surface area contributed by atoms with E-state index in [1.54, 1.807) is 0 Å². The first kappa shape index (κ1) is 14.9. The van der Waals surface area contributed by atoms with Crippen LogP contribution in [0.4, 0.5) is 0 Å². The summed E-state index contributed by atoms with van der Waals surface area (Å²) in [6, 6.07) is 5.58. The van der Waals surface area contributed by atoms with E-state index in [-0.39, 0.29) is 22.7 Å². The van der Waals surface area contributed by atoms with E-state index >= 15 is 0 Å². The van der Waals surface area contributed by atoms with E-state index in [0.717, 1.165) is 15.8 Å². The van der Waals surface area contributed by atoms with Gasteiger partial charge in [-0.15, -0.1) is 11.3 Å². The van der Waals surface area contributed by atoms with Crippen LogP contribution in [0.2, 0.25) is 5.15 Å². The summed E-state index contributed by atoms with van der Waals surface area (Å²) in [7, 11) is 0. The van der Waals surface area contributed by atoms with E-state index in [1.807, 2.05) is 32.0 Å². The van der Waals surface area contributed by atoms with Crippen molar-refractivity contribution in [2.75, 3.05) is 0 Å². The van der Waals surface area contributed by atoms with Gasteiger partial charge in [-0.25, -0.2) is 4.98 Å². The van der Waals surface area contributed by atoms with E-state index in [0.29, 0.717) is 10.1 Å². The van der Waals surface area contributed by atoms with E-state index < -0.39 is 5.91 Å². The lowest BCUT2D eigenvalue weighted by molar-refractivity contribution is 0.0993. The van der Waals surface area contributed by atoms with Crippen molar-refractivity contribution in [1.29, 1.82) is 0 Å². The van der Waals surface area contributed by atoms with Gasteiger partial charge < -0.3 is 15.6 Å². The molecule has 1 amide bonds. The Morgan fingerprint density at radius 1 is 1.45 bits per heavy atom. The first-order valence-corrected chi connectivity index (χ1v) is 7.79. The summed E-state index contributed by atoms with van der Waals surface area (Å²) < 4.78 is 7.04. The standard InChI is InChI=1S/C15H13ClN2O3S/c1-6(2)21-7-3-4-8-9(5-7)22-13-10(8)14(16)18-11(12(13)19)15(17)20/h3-6,19H,1-2H3,(H2,17,20). The van der Waals surface area contributed by atoms with Gasteiger partial charge >= 0.3 is 0 Å². The lowest BCUT2D eigenvalue weighted by atomic mass is 10.1. The molecule has 0 aliphatic heterocycles. The number of hydrogen-bond acceptors (Lipinski definition) is 5. The fourth-order valence-electron chi connectivity index (χ4n) is 2.28. The predicted octanol–water partition coefficient (Wildman–Crippen LogP) is 3.69. The minimum Gasteiger partial charge on any atom is -0.504 e. The number of hydrogen-bond donors (Lipinski definition) is 2. The van der Waals surface area contributed by atoms with Crippen molar-refractivity contribution < 1.29 is 14.6 Å². The molecule has 0 saturated carbocycles. The lowest BCUT2D eigenvalue weighted by Gasteiger charge is -2.09. The highest BCUT2D eigenvalue weighted by molar-refractivity contribution is 7.26. The van der Waals surface area contributed by atoms with E-state index in [4.69, 9.17) is 22.1 Å². The van der Waals surface area contributed by atoms with Gasteiger partial charge in [-0.3, -0.25) is 4.79 Å². The summed E-state index contributed by atoms with van der Waals surface area (Å²) >= 11 is 7.48. The average molecular weight is 337 g/mol. The molecule has 3 rings (SSSR count). The monoisotopic (exact) mass is 336 g/mol. The summed E-state index contributed by atoms with van der Waals surface area (Å²) in [5.74, 6) is -0.324. The average Bonchev–Trinajstić information content (AvgIpc) is 2.81. The first-order chi connectivity index (χ1) is 10.4. The maximum absolute atomic E-state index is 11.3. The number of fused-ring (bicyclic) bond motifs is 3. The zero-order valence-electron chi connectivity index (χ0n) is 11.9. The highest BCUT2D eigenvalue weighted by Crippen LogP contribution is 2.43. The number of thiophene rings is 1. The van der Waals surface area contributed by atoms with Gasteiger partial charge in [-0.05, 0) is 32.0 Å². The van der Waals surface area contributed by atoms with Gasteiger partial charge in [0.2, 0.25) is 0 Å². The Hall–Kier alpha value is -2.05. The van der Waals surface area contributed by atoms with Crippen LogP contribution in [-0.4, -0.2) is 22.1 Å². The number of amides is 1. The molecular formula is C15H13ClN2O3S. The maximum Gasteiger partial charge on any atom is 0.271 e. The highest BCUT2D eigenvalue weighted by Gasteiger charge is 2.20. The van der Waals surface area contributed by atoms with Crippen LogP contribution >= 0.6 is 22.9 Å². The molecule has 0 aliphatic carbocycles. The molecule has 114 valence electrons. The number of carbonyl (C=O) groups excluding carboxylic acids is 1. The van der Waals surface area contributed by atoms with Crippen molar-refractivity contribution in [3.05, 3.63) is 29.0 Å². The van der Waals surface area contributed by atoms with Gasteiger partial charge in [-0.1, -0.05) is 11.6 Å². The second-order valence-electron chi connectivity index (χ2n) is 5.09. The first-order valence-electron chi connectivity index (χ1n) is 6.59. The molecule has 0 radical (unpaired) electrons. The number of nitrogens with zero attached hydrogens (tertiary/aromatic N) is 1. The Bertz CT molecular complexity index is 905. The number of aromatic nitrogens is 1. The number of pyridine rings is 1. The van der Waals surface area contributed by atoms with Gasteiger partial charge in [-0.2, -0.15) is 0 Å². The van der Waals surface area contributed by atoms with Gasteiger partial charge in [0.05, 0.1) is 10.8 Å². The normalized spacial score (nSPS) is 11.5. The second kappa shape index (κ2) is 5.30. The van der Waals surface area contributed by atoms with Crippen molar-refractivity contribution in [3.8, 4) is 11.5 Å². The zero-order valence-corrected chi connectivity index (χ0v) is 13.5. The van der Waals surface area contributed by atoms with Gasteiger partial charge in [0.1, 0.15) is 10.9 Å². The number of nitrogens with two attached hydrogens (primary N) is 1. The predicted molar refractivity (Wildman–Crippen MR) is 88.1 cm³/mol. The topological polar surface area (TPSA) is 85.4 Å². The van der Waals surface area contributed by atoms with Crippen LogP contribution in [0.5, 0.6) is 11.5 Å². The molecule has 3 aromatic rings. The molecule has 0 saturated heterocycles. The molecule has 22 heavy (non-hydrogen) atoms. The number of rotatable bonds is 3. The van der Waals surface area contributed by atoms with Crippen LogP contribution in [0.3, 0.4) is 0 Å². The SMILES string of the molecule is CC(C)Oc1ccc2c(c1)sc1c(O)c(C(N)=O)nc(Cl)c12. The van der Waals surface area contributed by atoms with E-state index in [1.165, 1.54) is 11.3 Å². The van der Waals surface area contributed by atoms with Crippen LogP contribution in [0.25, 0.3) is 20.2 Å². The molecule has 0 fully saturated rings. The Morgan fingerprint density at radius 2 is 2.18 bits per heavy atom. The van der Waals surface area contributed by atoms with Crippen LogP contribution in [-0.2, 0) is 0 Å². The van der Waals surface area contributed by atoms with Gasteiger partial charge in [0.15, 0.2) is 11.4 Å². The fourth-order valence-corrected chi connectivity index (χ4v) is 3.79. The molecule has 3 N–H and O–H groups in total. The van der Waals surface area contributed by atoms with Crippen molar-refractivity contribution in [2.24, 2.45) is 5.73 Å². The minimum atomic E-state index is -0.817. The minimum absolute atomic E-state index is 0.0620. The second-order valence-corrected chi connectivity index (χ2v) is 6.51. The van der Waals surface area contributed by atoms with Crippen LogP contribution < -0.4 is 10.5 Å². The number of primary amides is 1. The smallest absolute Gasteiger partial charge is 0.271 e. The van der Waals surface area contributed by atoms with Crippen LogP contribution in [0.1, 0.15) is 24.3 Å². The summed E-state index contributed by atoms with van der Waals surface area (Å²) in [4.78, 5) is 15.2. The fraction of sp³-hybridized carbons (Fsp3) is 0.200. The molecule has 2 heterocycles. The number of halogens is 1. The Kier molecular flexibility index (Phi) is 3.58. The molecule has 0 spiro atoms. The molecule has 2 aromatic heterocycles. The van der Waals surface area contributed by atoms with E-state index in [9.17, 15) is 9.90 Å². The lowest BCUT2D eigenvalue weighted by Crippen LogP contribution is -2.13. The van der Waals surface area contributed by atoms with Crippen molar-refractivity contribution in [1.82, 2.24) is 4.98 Å². The van der Waals surface area contributed by atoms with Crippen molar-refractivity contribution >= 4 is 49.0 Å². The summed E-state index contributed by atoms with van der Waals surface area (Å²) in [6.07, 6.45) is 0.0620. The van der Waals surface area contributed by atoms with Crippen LogP contribution in [0, 0.1) is 0 Å². The number of carbonyl (C=O) groups is 1.